The molecule has 208 valence electrons. The summed E-state index contributed by atoms with van der Waals surface area (Å²) in [6, 6.07) is 9.05. The van der Waals surface area contributed by atoms with E-state index in [4.69, 9.17) is 42.2 Å². The van der Waals surface area contributed by atoms with Gasteiger partial charge >= 0.3 is 5.97 Å². The lowest BCUT2D eigenvalue weighted by Gasteiger charge is -2.48. The van der Waals surface area contributed by atoms with E-state index in [1.54, 1.807) is 23.5 Å². The third-order valence-corrected chi connectivity index (χ3v) is 9.69. The molecule has 40 heavy (non-hydrogen) atoms. The Hall–Kier alpha value is -2.69. The first kappa shape index (κ1) is 26.2. The van der Waals surface area contributed by atoms with Gasteiger partial charge in [0.05, 0.1) is 63.8 Å². The van der Waals surface area contributed by atoms with Crippen LogP contribution in [0.15, 0.2) is 34.9 Å². The van der Waals surface area contributed by atoms with Crippen LogP contribution >= 0.6 is 34.5 Å². The number of rotatable bonds is 7. The van der Waals surface area contributed by atoms with Crippen LogP contribution in [0.1, 0.15) is 58.8 Å². The molecule has 2 atom stereocenters. The summed E-state index contributed by atoms with van der Waals surface area (Å²) >= 11 is 14.6. The van der Waals surface area contributed by atoms with Gasteiger partial charge in [0.25, 0.3) is 0 Å². The monoisotopic (exact) mass is 599 g/mol. The molecule has 2 aliphatic heterocycles. The van der Waals surface area contributed by atoms with E-state index >= 15 is 0 Å². The van der Waals surface area contributed by atoms with Crippen molar-refractivity contribution in [3.05, 3.63) is 62.8 Å². The van der Waals surface area contributed by atoms with Gasteiger partial charge in [-0.3, -0.25) is 0 Å². The van der Waals surface area contributed by atoms with Crippen LogP contribution in [0.2, 0.25) is 10.0 Å². The number of fused-ring (bicyclic) bond motifs is 3. The minimum Gasteiger partial charge on any atom is -0.478 e. The molecule has 0 spiro atoms. The summed E-state index contributed by atoms with van der Waals surface area (Å²) in [6.07, 6.45) is 3.76. The van der Waals surface area contributed by atoms with Gasteiger partial charge in [-0.15, -0.1) is 0 Å². The van der Waals surface area contributed by atoms with E-state index in [1.807, 2.05) is 25.1 Å². The molecule has 2 bridgehead atoms. The van der Waals surface area contributed by atoms with Gasteiger partial charge in [-0.1, -0.05) is 45.8 Å². The van der Waals surface area contributed by atoms with Crippen LogP contribution in [0.25, 0.3) is 21.5 Å². The second kappa shape index (κ2) is 10.3. The Balaban J connectivity index is 1.13. The summed E-state index contributed by atoms with van der Waals surface area (Å²) < 4.78 is 19.2. The molecule has 4 heterocycles. The molecule has 7 rings (SSSR count). The zero-order valence-corrected chi connectivity index (χ0v) is 24.1. The standard InChI is InChI=1S/C29H27Cl2N3O5S/c1-14-7-16(28(35)36)8-23-25(14)32-29(40-23)34-17-9-19(10-18(34)12-37-11-17)38-13-20-26(33-39-27(20)15-5-6-15)24-21(30)3-2-4-22(24)31/h2-4,7-8,15,17-19H,5-6,9-13H2,1H3,(H,35,36). The number of aromatic nitrogens is 2. The maximum absolute atomic E-state index is 11.6. The number of hydrogen-bond donors (Lipinski definition) is 1. The van der Waals surface area contributed by atoms with Crippen molar-refractivity contribution in [2.75, 3.05) is 18.1 Å². The molecule has 2 aromatic heterocycles. The molecule has 4 aromatic rings. The summed E-state index contributed by atoms with van der Waals surface area (Å²) in [7, 11) is 0. The first-order valence-electron chi connectivity index (χ1n) is 13.4. The number of piperidine rings is 1. The molecule has 0 radical (unpaired) electrons. The number of halogens is 2. The van der Waals surface area contributed by atoms with Crippen LogP contribution in [-0.4, -0.2) is 52.6 Å². The zero-order chi connectivity index (χ0) is 27.5. The van der Waals surface area contributed by atoms with Gasteiger partial charge in [0.1, 0.15) is 11.5 Å². The molecule has 1 saturated carbocycles. The molecule has 3 aliphatic rings. The number of nitrogens with zero attached hydrogens (tertiary/aromatic N) is 3. The normalized spacial score (nSPS) is 22.7. The highest BCUT2D eigenvalue weighted by molar-refractivity contribution is 7.22. The maximum atomic E-state index is 11.6. The third kappa shape index (κ3) is 4.67. The first-order chi connectivity index (χ1) is 19.4. The van der Waals surface area contributed by atoms with Crippen molar-refractivity contribution in [3.8, 4) is 11.3 Å². The second-order valence-corrected chi connectivity index (χ2v) is 12.7. The number of thiazole rings is 1. The van der Waals surface area contributed by atoms with E-state index in [0.29, 0.717) is 47.0 Å². The van der Waals surface area contributed by atoms with Gasteiger partial charge in [0.15, 0.2) is 5.13 Å². The van der Waals surface area contributed by atoms with E-state index in [2.05, 4.69) is 10.1 Å². The van der Waals surface area contributed by atoms with E-state index in [-0.39, 0.29) is 23.8 Å². The van der Waals surface area contributed by atoms with Crippen LogP contribution < -0.4 is 4.90 Å². The van der Waals surface area contributed by atoms with Crippen molar-refractivity contribution in [2.24, 2.45) is 0 Å². The van der Waals surface area contributed by atoms with Gasteiger partial charge in [0.2, 0.25) is 0 Å². The van der Waals surface area contributed by atoms with Gasteiger partial charge in [-0.05, 0) is 62.4 Å². The molecule has 2 saturated heterocycles. The van der Waals surface area contributed by atoms with E-state index in [1.165, 1.54) is 0 Å². The zero-order valence-electron chi connectivity index (χ0n) is 21.7. The summed E-state index contributed by atoms with van der Waals surface area (Å²) in [4.78, 5) is 18.9. The average molecular weight is 601 g/mol. The van der Waals surface area contributed by atoms with Crippen molar-refractivity contribution >= 4 is 55.9 Å². The lowest BCUT2D eigenvalue weighted by atomic mass is 9.92. The lowest BCUT2D eigenvalue weighted by molar-refractivity contribution is -0.0394. The quantitative estimate of drug-likeness (QED) is 0.240. The highest BCUT2D eigenvalue weighted by Gasteiger charge is 2.42. The van der Waals surface area contributed by atoms with E-state index < -0.39 is 5.97 Å². The second-order valence-electron chi connectivity index (χ2n) is 10.8. The topological polar surface area (TPSA) is 97.9 Å². The van der Waals surface area contributed by atoms with Crippen molar-refractivity contribution in [2.45, 2.75) is 63.3 Å². The number of aryl methyl sites for hydroxylation is 1. The summed E-state index contributed by atoms with van der Waals surface area (Å²) in [5, 5.41) is 15.8. The Labute approximate surface area is 244 Å². The molecular formula is C29H27Cl2N3O5S. The van der Waals surface area contributed by atoms with Crippen LogP contribution in [0.5, 0.6) is 0 Å². The number of ether oxygens (including phenoxy) is 2. The molecule has 8 nitrogen and oxygen atoms in total. The van der Waals surface area contributed by atoms with E-state index in [0.717, 1.165) is 57.9 Å². The Morgan fingerprint density at radius 2 is 1.90 bits per heavy atom. The number of hydrogen-bond acceptors (Lipinski definition) is 8. The highest BCUT2D eigenvalue weighted by atomic mass is 35.5. The molecule has 1 aliphatic carbocycles. The largest absolute Gasteiger partial charge is 0.478 e. The molecule has 3 fully saturated rings. The summed E-state index contributed by atoms with van der Waals surface area (Å²) in [5.41, 5.74) is 4.27. The number of anilines is 1. The SMILES string of the molecule is Cc1cc(C(=O)O)cc2sc(N3C4COCC3CC(OCc3c(-c5c(Cl)cccc5Cl)noc3C3CC3)C4)nc12. The van der Waals surface area contributed by atoms with Crippen LogP contribution in [0, 0.1) is 6.92 Å². The minimum absolute atomic E-state index is 0.0291. The van der Waals surface area contributed by atoms with E-state index in [9.17, 15) is 9.90 Å². The van der Waals surface area contributed by atoms with Crippen molar-refractivity contribution in [1.82, 2.24) is 10.1 Å². The maximum Gasteiger partial charge on any atom is 0.335 e. The molecule has 0 amide bonds. The fraction of sp³-hybridized carbons (Fsp3) is 0.414. The number of aromatic carboxylic acids is 1. The number of benzene rings is 2. The predicted octanol–water partition coefficient (Wildman–Crippen LogP) is 7.10. The number of carboxylic acid groups (broad SMARTS) is 1. The van der Waals surface area contributed by atoms with Crippen LogP contribution in [0.3, 0.4) is 0 Å². The van der Waals surface area contributed by atoms with Crippen LogP contribution in [-0.2, 0) is 16.1 Å². The number of carbonyl (C=O) groups is 1. The third-order valence-electron chi connectivity index (χ3n) is 8.05. The van der Waals surface area contributed by atoms with Gasteiger partial charge in [-0.25, -0.2) is 9.78 Å². The Morgan fingerprint density at radius 1 is 1.18 bits per heavy atom. The minimum atomic E-state index is -0.930. The van der Waals surface area contributed by atoms with Gasteiger partial charge < -0.3 is 24.0 Å². The molecule has 1 N–H and O–H groups in total. The summed E-state index contributed by atoms with van der Waals surface area (Å²) in [5.74, 6) is 0.304. The Kier molecular flexibility index (Phi) is 6.75. The number of carboxylic acids is 1. The molecule has 2 aromatic carbocycles. The molecule has 11 heteroatoms. The Bertz CT molecular complexity index is 1580. The van der Waals surface area contributed by atoms with Crippen molar-refractivity contribution < 1.29 is 23.9 Å². The summed E-state index contributed by atoms with van der Waals surface area (Å²) in [6.45, 7) is 3.46. The molecular weight excluding hydrogens is 573 g/mol. The van der Waals surface area contributed by atoms with Gasteiger partial charge in [-0.2, -0.15) is 0 Å². The predicted molar refractivity (Wildman–Crippen MR) is 154 cm³/mol. The van der Waals surface area contributed by atoms with Crippen molar-refractivity contribution in [1.29, 1.82) is 0 Å². The average Bonchev–Trinajstić information content (AvgIpc) is 3.53. The van der Waals surface area contributed by atoms with Crippen LogP contribution in [0.4, 0.5) is 5.13 Å². The molecule has 2 unspecified atom stereocenters. The number of morpholine rings is 1. The Morgan fingerprint density at radius 3 is 2.58 bits per heavy atom. The lowest BCUT2D eigenvalue weighted by Crippen LogP contribution is -2.58. The fourth-order valence-corrected chi connectivity index (χ4v) is 7.78. The van der Waals surface area contributed by atoms with Crippen molar-refractivity contribution in [3.63, 3.8) is 0 Å². The smallest absolute Gasteiger partial charge is 0.335 e. The first-order valence-corrected chi connectivity index (χ1v) is 15.0. The fourth-order valence-electron chi connectivity index (χ4n) is 5.98. The van der Waals surface area contributed by atoms with Gasteiger partial charge in [0, 0.05) is 17.0 Å². The highest BCUT2D eigenvalue weighted by Crippen LogP contribution is 2.46.